The van der Waals surface area contributed by atoms with Crippen molar-refractivity contribution in [3.8, 4) is 11.1 Å². The molecule has 0 unspecified atom stereocenters. The molecule has 0 spiro atoms. The number of amides is 5. The molecule has 0 saturated carbocycles. The number of piperidine rings is 1. The number of carboxylic acid groups (broad SMARTS) is 1. The summed E-state index contributed by atoms with van der Waals surface area (Å²) in [5.74, 6) is -0.967. The highest BCUT2D eigenvalue weighted by atomic mass is 16.6. The number of likely N-dealkylation sites (tertiary alicyclic amines) is 1. The van der Waals surface area contributed by atoms with Gasteiger partial charge in [-0.25, -0.2) is 9.59 Å². The largest absolute Gasteiger partial charge is 0.465 e. The van der Waals surface area contributed by atoms with Gasteiger partial charge in [0.1, 0.15) is 17.7 Å². The zero-order valence-electron chi connectivity index (χ0n) is 34.1. The fourth-order valence-corrected chi connectivity index (χ4v) is 7.78. The van der Waals surface area contributed by atoms with Crippen molar-refractivity contribution < 1.29 is 33.8 Å². The number of piperazine rings is 1. The van der Waals surface area contributed by atoms with Crippen LogP contribution in [-0.2, 0) is 32.1 Å². The van der Waals surface area contributed by atoms with E-state index in [1.807, 2.05) is 97.1 Å². The van der Waals surface area contributed by atoms with Crippen molar-refractivity contribution in [2.75, 3.05) is 26.2 Å². The summed E-state index contributed by atoms with van der Waals surface area (Å²) in [7, 11) is 0. The van der Waals surface area contributed by atoms with Crippen LogP contribution in [0.2, 0.25) is 0 Å². The number of carbonyl (C=O) groups excluding carboxylic acids is 4. The van der Waals surface area contributed by atoms with Crippen molar-refractivity contribution in [1.29, 1.82) is 0 Å². The van der Waals surface area contributed by atoms with Crippen LogP contribution in [0.4, 0.5) is 9.59 Å². The third-order valence-electron chi connectivity index (χ3n) is 10.8. The quantitative estimate of drug-likeness (QED) is 0.142. The molecule has 0 aliphatic carbocycles. The molecule has 2 heterocycles. The first kappa shape index (κ1) is 41.7. The third-order valence-corrected chi connectivity index (χ3v) is 10.8. The Balaban J connectivity index is 1.28. The minimum Gasteiger partial charge on any atom is -0.465 e. The van der Waals surface area contributed by atoms with Gasteiger partial charge < -0.3 is 35.2 Å². The summed E-state index contributed by atoms with van der Waals surface area (Å²) in [6.45, 7) is 9.73. The molecule has 2 aliphatic rings. The van der Waals surface area contributed by atoms with Crippen LogP contribution in [0.25, 0.3) is 21.9 Å². The number of ether oxygens (including phenoxy) is 1. The van der Waals surface area contributed by atoms with E-state index in [2.05, 4.69) is 10.6 Å². The molecule has 0 bridgehead atoms. The van der Waals surface area contributed by atoms with E-state index in [1.54, 1.807) is 44.4 Å². The molecule has 4 aromatic rings. The van der Waals surface area contributed by atoms with E-state index in [1.165, 1.54) is 4.90 Å². The normalized spacial score (nSPS) is 17.8. The van der Waals surface area contributed by atoms with Gasteiger partial charge in [-0.15, -0.1) is 0 Å². The molecule has 2 aliphatic heterocycles. The number of nitrogens with zero attached hydrogens (tertiary/aromatic N) is 3. The second kappa shape index (κ2) is 17.7. The van der Waals surface area contributed by atoms with Crippen molar-refractivity contribution in [1.82, 2.24) is 25.3 Å². The van der Waals surface area contributed by atoms with Gasteiger partial charge in [-0.1, -0.05) is 97.1 Å². The number of fused-ring (bicyclic) bond motifs is 1. The summed E-state index contributed by atoms with van der Waals surface area (Å²) in [6.07, 6.45) is -0.371. The minimum absolute atomic E-state index is 0.0385. The molecule has 6 rings (SSSR count). The molecule has 306 valence electrons. The molecule has 2 saturated heterocycles. The summed E-state index contributed by atoms with van der Waals surface area (Å²) in [5, 5.41) is 17.5. The Morgan fingerprint density at radius 3 is 2.09 bits per heavy atom. The average molecular weight is 790 g/mol. The fourth-order valence-electron chi connectivity index (χ4n) is 7.78. The summed E-state index contributed by atoms with van der Waals surface area (Å²) in [6, 6.07) is 30.1. The number of nitrogens with one attached hydrogen (secondary N) is 2. The van der Waals surface area contributed by atoms with Gasteiger partial charge in [0.2, 0.25) is 17.7 Å². The average Bonchev–Trinajstić information content (AvgIpc) is 3.17. The fraction of sp³-hybridized carbons (Fsp3) is 0.413. The predicted octanol–water partition coefficient (Wildman–Crippen LogP) is 6.86. The maximum atomic E-state index is 14.6. The first-order valence-corrected chi connectivity index (χ1v) is 20.0. The molecule has 0 aromatic heterocycles. The van der Waals surface area contributed by atoms with Crippen molar-refractivity contribution in [3.05, 3.63) is 108 Å². The van der Waals surface area contributed by atoms with Crippen molar-refractivity contribution in [3.63, 3.8) is 0 Å². The first-order valence-electron chi connectivity index (χ1n) is 20.0. The van der Waals surface area contributed by atoms with E-state index in [0.717, 1.165) is 33.0 Å². The number of rotatable bonds is 12. The molecule has 5 amide bonds. The van der Waals surface area contributed by atoms with Gasteiger partial charge in [0.05, 0.1) is 6.54 Å². The van der Waals surface area contributed by atoms with Crippen LogP contribution in [0.15, 0.2) is 97.1 Å². The van der Waals surface area contributed by atoms with Crippen molar-refractivity contribution in [2.45, 2.75) is 90.1 Å². The van der Waals surface area contributed by atoms with E-state index >= 15 is 0 Å². The van der Waals surface area contributed by atoms with Crippen LogP contribution in [0.5, 0.6) is 0 Å². The molecular formula is C46H55N5O7. The molecule has 2 atom stereocenters. The SMILES string of the molecule is CC(C)(CC(=O)N(CC1CCN(C(=O)O)CC1)C[C@H]1C(=O)N[C@@H](Cc2ccc3ccccc3c2)C(=O)N1Cc1ccc(-c2ccccc2)cc1)NC(=O)OC(C)(C)C. The summed E-state index contributed by atoms with van der Waals surface area (Å²) in [5.41, 5.74) is 2.07. The Labute approximate surface area is 340 Å². The van der Waals surface area contributed by atoms with Crippen LogP contribution in [0.1, 0.15) is 65.0 Å². The Hall–Kier alpha value is -5.91. The lowest BCUT2D eigenvalue weighted by Gasteiger charge is -2.42. The van der Waals surface area contributed by atoms with Gasteiger partial charge in [0, 0.05) is 44.6 Å². The van der Waals surface area contributed by atoms with Crippen LogP contribution in [-0.4, -0.2) is 99.1 Å². The summed E-state index contributed by atoms with van der Waals surface area (Å²) >= 11 is 0. The smallest absolute Gasteiger partial charge is 0.408 e. The maximum absolute atomic E-state index is 14.6. The number of carbonyl (C=O) groups is 5. The molecular weight excluding hydrogens is 735 g/mol. The van der Waals surface area contributed by atoms with Gasteiger partial charge in [-0.2, -0.15) is 0 Å². The molecule has 0 radical (unpaired) electrons. The number of hydrogen-bond acceptors (Lipinski definition) is 6. The van der Waals surface area contributed by atoms with Crippen LogP contribution in [0.3, 0.4) is 0 Å². The highest BCUT2D eigenvalue weighted by molar-refractivity contribution is 5.98. The summed E-state index contributed by atoms with van der Waals surface area (Å²) in [4.78, 5) is 72.4. The Bertz CT molecular complexity index is 2110. The van der Waals surface area contributed by atoms with Gasteiger partial charge in [-0.3, -0.25) is 14.4 Å². The minimum atomic E-state index is -1.01. The molecule has 2 fully saturated rings. The Kier molecular flexibility index (Phi) is 12.7. The van der Waals surface area contributed by atoms with Gasteiger partial charge in [-0.05, 0) is 86.4 Å². The van der Waals surface area contributed by atoms with E-state index in [4.69, 9.17) is 4.74 Å². The first-order chi connectivity index (χ1) is 27.5. The monoisotopic (exact) mass is 789 g/mol. The van der Waals surface area contributed by atoms with Gasteiger partial charge >= 0.3 is 12.2 Å². The number of hydrogen-bond donors (Lipinski definition) is 3. The molecule has 3 N–H and O–H groups in total. The second-order valence-corrected chi connectivity index (χ2v) is 17.2. The lowest BCUT2D eigenvalue weighted by Crippen LogP contribution is -2.66. The second-order valence-electron chi connectivity index (χ2n) is 17.2. The van der Waals surface area contributed by atoms with Crippen molar-refractivity contribution >= 4 is 40.7 Å². The number of alkyl carbamates (subject to hydrolysis) is 1. The van der Waals surface area contributed by atoms with Crippen LogP contribution < -0.4 is 10.6 Å². The summed E-state index contributed by atoms with van der Waals surface area (Å²) < 4.78 is 5.47. The maximum Gasteiger partial charge on any atom is 0.408 e. The highest BCUT2D eigenvalue weighted by Crippen LogP contribution is 2.26. The zero-order valence-corrected chi connectivity index (χ0v) is 34.1. The highest BCUT2D eigenvalue weighted by Gasteiger charge is 2.43. The molecule has 12 heteroatoms. The molecule has 58 heavy (non-hydrogen) atoms. The molecule has 4 aromatic carbocycles. The van der Waals surface area contributed by atoms with E-state index in [-0.39, 0.29) is 49.7 Å². The van der Waals surface area contributed by atoms with Crippen molar-refractivity contribution in [2.24, 2.45) is 5.92 Å². The van der Waals surface area contributed by atoms with Gasteiger partial charge in [0.15, 0.2) is 0 Å². The zero-order chi connectivity index (χ0) is 41.6. The Morgan fingerprint density at radius 1 is 0.810 bits per heavy atom. The Morgan fingerprint density at radius 2 is 1.43 bits per heavy atom. The lowest BCUT2D eigenvalue weighted by atomic mass is 9.94. The molecule has 12 nitrogen and oxygen atoms in total. The van der Waals surface area contributed by atoms with Gasteiger partial charge in [0.25, 0.3) is 0 Å². The standard InChI is InChI=1S/C46H55N5O7/c1-45(2,3)58-43(55)48-46(4,5)27-40(52)50(28-32-21-23-49(24-22-32)44(56)57)30-39-41(53)47-38(26-33-17-20-35-13-9-10-14-37(35)25-33)42(54)51(39)29-31-15-18-36(19-16-31)34-11-7-6-8-12-34/h6-20,25,32,38-39H,21-24,26-30H2,1-5H3,(H,47,53)(H,48,55)(H,56,57)/t38-,39-/m0/s1. The lowest BCUT2D eigenvalue weighted by molar-refractivity contribution is -0.152. The van der Waals surface area contributed by atoms with E-state index < -0.39 is 35.4 Å². The topological polar surface area (TPSA) is 149 Å². The predicted molar refractivity (Wildman–Crippen MR) is 223 cm³/mol. The number of benzene rings is 4. The van der Waals surface area contributed by atoms with E-state index in [0.29, 0.717) is 32.4 Å². The van der Waals surface area contributed by atoms with Crippen LogP contribution in [0, 0.1) is 5.92 Å². The third kappa shape index (κ3) is 10.9. The van der Waals surface area contributed by atoms with Crippen LogP contribution >= 0.6 is 0 Å². The van der Waals surface area contributed by atoms with E-state index in [9.17, 15) is 29.1 Å².